The van der Waals surface area contributed by atoms with Crippen LogP contribution in [0.15, 0.2) is 24.4 Å². The topological polar surface area (TPSA) is 82.5 Å². The number of aromatic nitrogens is 1. The maximum absolute atomic E-state index is 11.7. The Kier molecular flexibility index (Phi) is 3.76. The number of aliphatic carboxylic acids is 1. The first-order valence-corrected chi connectivity index (χ1v) is 5.79. The molecule has 6 nitrogen and oxygen atoms in total. The molecule has 1 aliphatic rings. The van der Waals surface area contributed by atoms with Gasteiger partial charge in [0.2, 0.25) is 0 Å². The lowest BCUT2D eigenvalue weighted by molar-refractivity contribution is -0.138. The second-order valence-corrected chi connectivity index (χ2v) is 4.35. The zero-order chi connectivity index (χ0) is 13.0. The van der Waals surface area contributed by atoms with Gasteiger partial charge in [0, 0.05) is 25.2 Å². The van der Waals surface area contributed by atoms with Crippen LogP contribution in [0.3, 0.4) is 0 Å². The third-order valence-corrected chi connectivity index (χ3v) is 2.85. The molecule has 1 aliphatic heterocycles. The van der Waals surface area contributed by atoms with E-state index in [1.54, 1.807) is 11.1 Å². The van der Waals surface area contributed by atoms with Gasteiger partial charge in [-0.3, -0.25) is 9.78 Å². The summed E-state index contributed by atoms with van der Waals surface area (Å²) in [5.74, 6) is -0.891. The Hall–Kier alpha value is -2.11. The number of carbonyl (C=O) groups is 2. The van der Waals surface area contributed by atoms with Crippen molar-refractivity contribution in [2.45, 2.75) is 13.0 Å². The number of amides is 2. The van der Waals surface area contributed by atoms with Crippen LogP contribution < -0.4 is 5.32 Å². The van der Waals surface area contributed by atoms with E-state index in [-0.39, 0.29) is 18.4 Å². The molecule has 1 aromatic rings. The number of rotatable bonds is 4. The van der Waals surface area contributed by atoms with Crippen LogP contribution in [-0.2, 0) is 11.3 Å². The number of nitrogens with one attached hydrogen (secondary N) is 1. The van der Waals surface area contributed by atoms with E-state index in [0.717, 1.165) is 5.69 Å². The molecular formula is C12H15N3O3. The van der Waals surface area contributed by atoms with Crippen LogP contribution in [0, 0.1) is 5.92 Å². The van der Waals surface area contributed by atoms with Gasteiger partial charge >= 0.3 is 12.0 Å². The van der Waals surface area contributed by atoms with Gasteiger partial charge in [0.15, 0.2) is 0 Å². The molecular weight excluding hydrogens is 234 g/mol. The number of carboxylic acids is 1. The van der Waals surface area contributed by atoms with Crippen molar-refractivity contribution < 1.29 is 14.7 Å². The molecule has 0 radical (unpaired) electrons. The second kappa shape index (κ2) is 5.48. The van der Waals surface area contributed by atoms with Crippen LogP contribution in [-0.4, -0.2) is 40.1 Å². The molecule has 1 atom stereocenters. The predicted molar refractivity (Wildman–Crippen MR) is 63.8 cm³/mol. The quantitative estimate of drug-likeness (QED) is 0.822. The summed E-state index contributed by atoms with van der Waals surface area (Å²) in [5.41, 5.74) is 0.795. The SMILES string of the molecule is O=C(O)CC1CNC(=O)N(Cc2ccccn2)C1. The molecule has 1 aromatic heterocycles. The Bertz CT molecular complexity index is 435. The van der Waals surface area contributed by atoms with Crippen molar-refractivity contribution in [1.82, 2.24) is 15.2 Å². The van der Waals surface area contributed by atoms with E-state index in [1.165, 1.54) is 0 Å². The van der Waals surface area contributed by atoms with Crippen molar-refractivity contribution in [3.63, 3.8) is 0 Å². The molecule has 2 N–H and O–H groups in total. The zero-order valence-corrected chi connectivity index (χ0v) is 9.87. The summed E-state index contributed by atoms with van der Waals surface area (Å²) in [4.78, 5) is 28.1. The summed E-state index contributed by atoms with van der Waals surface area (Å²) in [6.45, 7) is 1.28. The molecule has 1 saturated heterocycles. The van der Waals surface area contributed by atoms with Gasteiger partial charge in [0.25, 0.3) is 0 Å². The van der Waals surface area contributed by atoms with Crippen LogP contribution in [0.4, 0.5) is 4.79 Å². The highest BCUT2D eigenvalue weighted by atomic mass is 16.4. The minimum absolute atomic E-state index is 0.0519. The molecule has 2 amide bonds. The fourth-order valence-electron chi connectivity index (χ4n) is 2.01. The smallest absolute Gasteiger partial charge is 0.317 e. The molecule has 0 spiro atoms. The summed E-state index contributed by atoms with van der Waals surface area (Å²) >= 11 is 0. The third kappa shape index (κ3) is 3.19. The lowest BCUT2D eigenvalue weighted by Gasteiger charge is -2.32. The fourth-order valence-corrected chi connectivity index (χ4v) is 2.01. The number of hydrogen-bond donors (Lipinski definition) is 2. The predicted octanol–water partition coefficient (Wildman–Crippen LogP) is 0.698. The molecule has 0 aromatic carbocycles. The first-order chi connectivity index (χ1) is 8.65. The highest BCUT2D eigenvalue weighted by Gasteiger charge is 2.26. The third-order valence-electron chi connectivity index (χ3n) is 2.85. The van der Waals surface area contributed by atoms with Crippen LogP contribution in [0.25, 0.3) is 0 Å². The highest BCUT2D eigenvalue weighted by molar-refractivity contribution is 5.75. The maximum atomic E-state index is 11.7. The van der Waals surface area contributed by atoms with Gasteiger partial charge in [0.1, 0.15) is 0 Å². The van der Waals surface area contributed by atoms with Gasteiger partial charge in [-0.15, -0.1) is 0 Å². The number of pyridine rings is 1. The average molecular weight is 249 g/mol. The van der Waals surface area contributed by atoms with E-state index in [0.29, 0.717) is 19.6 Å². The second-order valence-electron chi connectivity index (χ2n) is 4.35. The van der Waals surface area contributed by atoms with E-state index < -0.39 is 5.97 Å². The maximum Gasteiger partial charge on any atom is 0.317 e. The molecule has 0 bridgehead atoms. The van der Waals surface area contributed by atoms with E-state index in [2.05, 4.69) is 10.3 Å². The lowest BCUT2D eigenvalue weighted by atomic mass is 10.0. The molecule has 6 heteroatoms. The average Bonchev–Trinajstić information content (AvgIpc) is 2.34. The Labute approximate surface area is 105 Å². The Morgan fingerprint density at radius 1 is 1.56 bits per heavy atom. The van der Waals surface area contributed by atoms with Crippen molar-refractivity contribution in [3.05, 3.63) is 30.1 Å². The van der Waals surface area contributed by atoms with Crippen molar-refractivity contribution in [2.75, 3.05) is 13.1 Å². The van der Waals surface area contributed by atoms with Crippen LogP contribution in [0.5, 0.6) is 0 Å². The summed E-state index contributed by atoms with van der Waals surface area (Å²) in [5, 5.41) is 11.5. The molecule has 1 fully saturated rings. The molecule has 1 unspecified atom stereocenters. The van der Waals surface area contributed by atoms with Crippen molar-refractivity contribution >= 4 is 12.0 Å². The number of hydrogen-bond acceptors (Lipinski definition) is 3. The van der Waals surface area contributed by atoms with E-state index in [1.807, 2.05) is 18.2 Å². The molecule has 96 valence electrons. The normalized spacial score (nSPS) is 19.4. The zero-order valence-electron chi connectivity index (χ0n) is 9.87. The van der Waals surface area contributed by atoms with Gasteiger partial charge in [-0.05, 0) is 12.1 Å². The Morgan fingerprint density at radius 3 is 3.06 bits per heavy atom. The fraction of sp³-hybridized carbons (Fsp3) is 0.417. The first kappa shape index (κ1) is 12.3. The van der Waals surface area contributed by atoms with Gasteiger partial charge in [0.05, 0.1) is 18.7 Å². The highest BCUT2D eigenvalue weighted by Crippen LogP contribution is 2.13. The van der Waals surface area contributed by atoms with Gasteiger partial charge < -0.3 is 15.3 Å². The van der Waals surface area contributed by atoms with Crippen molar-refractivity contribution in [3.8, 4) is 0 Å². The largest absolute Gasteiger partial charge is 0.481 e. The Balaban J connectivity index is 1.97. The van der Waals surface area contributed by atoms with Crippen LogP contribution in [0.2, 0.25) is 0 Å². The lowest BCUT2D eigenvalue weighted by Crippen LogP contribution is -2.51. The number of nitrogens with zero attached hydrogens (tertiary/aromatic N) is 2. The van der Waals surface area contributed by atoms with Gasteiger partial charge in [-0.1, -0.05) is 6.07 Å². The Morgan fingerprint density at radius 2 is 2.39 bits per heavy atom. The minimum atomic E-state index is -0.839. The molecule has 0 aliphatic carbocycles. The summed E-state index contributed by atoms with van der Waals surface area (Å²) in [6.07, 6.45) is 1.74. The molecule has 0 saturated carbocycles. The molecule has 18 heavy (non-hydrogen) atoms. The van der Waals surface area contributed by atoms with Gasteiger partial charge in [-0.2, -0.15) is 0 Å². The number of carbonyl (C=O) groups excluding carboxylic acids is 1. The van der Waals surface area contributed by atoms with Crippen molar-refractivity contribution in [2.24, 2.45) is 5.92 Å². The number of urea groups is 1. The first-order valence-electron chi connectivity index (χ1n) is 5.79. The van der Waals surface area contributed by atoms with Crippen LogP contribution >= 0.6 is 0 Å². The van der Waals surface area contributed by atoms with E-state index >= 15 is 0 Å². The number of carboxylic acid groups (broad SMARTS) is 1. The minimum Gasteiger partial charge on any atom is -0.481 e. The molecule has 2 heterocycles. The monoisotopic (exact) mass is 249 g/mol. The van der Waals surface area contributed by atoms with Crippen molar-refractivity contribution in [1.29, 1.82) is 0 Å². The van der Waals surface area contributed by atoms with E-state index in [9.17, 15) is 9.59 Å². The molecule has 2 rings (SSSR count). The summed E-state index contributed by atoms with van der Waals surface area (Å²) in [7, 11) is 0. The summed E-state index contributed by atoms with van der Waals surface area (Å²) < 4.78 is 0. The van der Waals surface area contributed by atoms with E-state index in [4.69, 9.17) is 5.11 Å². The van der Waals surface area contributed by atoms with Crippen LogP contribution in [0.1, 0.15) is 12.1 Å². The standard InChI is InChI=1S/C12H15N3O3/c16-11(17)5-9-6-14-12(18)15(7-9)8-10-3-1-2-4-13-10/h1-4,9H,5-8H2,(H,14,18)(H,16,17). The summed E-state index contributed by atoms with van der Waals surface area (Å²) in [6, 6.07) is 5.35. The van der Waals surface area contributed by atoms with Gasteiger partial charge in [-0.25, -0.2) is 4.79 Å².